The van der Waals surface area contributed by atoms with Crippen molar-refractivity contribution in [3.05, 3.63) is 65.7 Å². The normalized spacial score (nSPS) is 10.1. The highest BCUT2D eigenvalue weighted by atomic mass is 16.5. The summed E-state index contributed by atoms with van der Waals surface area (Å²) in [5, 5.41) is 2.81. The summed E-state index contributed by atoms with van der Waals surface area (Å²) in [5.74, 6) is 0.505. The van der Waals surface area contributed by atoms with Gasteiger partial charge >= 0.3 is 0 Å². The van der Waals surface area contributed by atoms with Crippen LogP contribution < -0.4 is 15.8 Å². The second kappa shape index (κ2) is 7.31. The molecule has 0 saturated heterocycles. The van der Waals surface area contributed by atoms with Crippen molar-refractivity contribution in [1.29, 1.82) is 0 Å². The molecular weight excluding hydrogens is 252 g/mol. The van der Waals surface area contributed by atoms with Crippen molar-refractivity contribution < 1.29 is 9.53 Å². The molecule has 0 aliphatic heterocycles. The van der Waals surface area contributed by atoms with E-state index in [-0.39, 0.29) is 12.5 Å². The minimum atomic E-state index is -0.152. The van der Waals surface area contributed by atoms with Gasteiger partial charge in [-0.3, -0.25) is 4.79 Å². The average Bonchev–Trinajstić information content (AvgIpc) is 2.52. The van der Waals surface area contributed by atoms with Gasteiger partial charge in [-0.15, -0.1) is 0 Å². The molecule has 0 aromatic heterocycles. The Morgan fingerprint density at radius 3 is 2.50 bits per heavy atom. The van der Waals surface area contributed by atoms with Crippen molar-refractivity contribution in [1.82, 2.24) is 5.32 Å². The van der Waals surface area contributed by atoms with E-state index in [1.807, 2.05) is 54.6 Å². The molecule has 0 heterocycles. The van der Waals surface area contributed by atoms with Gasteiger partial charge in [-0.2, -0.15) is 0 Å². The Hall–Kier alpha value is -2.33. The molecule has 0 unspecified atom stereocenters. The number of nitrogens with two attached hydrogens (primary N) is 1. The zero-order valence-corrected chi connectivity index (χ0v) is 11.2. The Morgan fingerprint density at radius 1 is 1.05 bits per heavy atom. The van der Waals surface area contributed by atoms with E-state index in [0.717, 1.165) is 11.1 Å². The molecule has 0 atom stereocenters. The zero-order valence-electron chi connectivity index (χ0n) is 11.2. The lowest BCUT2D eigenvalue weighted by atomic mass is 10.2. The SMILES string of the molecule is NCc1ccccc1OCC(=O)NCc1ccccc1. The van der Waals surface area contributed by atoms with E-state index in [0.29, 0.717) is 18.8 Å². The van der Waals surface area contributed by atoms with Crippen LogP contribution in [0.4, 0.5) is 0 Å². The molecule has 2 rings (SSSR count). The molecule has 0 aliphatic rings. The first-order valence-corrected chi connectivity index (χ1v) is 6.51. The molecule has 0 radical (unpaired) electrons. The van der Waals surface area contributed by atoms with Crippen LogP contribution in [0.25, 0.3) is 0 Å². The highest BCUT2D eigenvalue weighted by Crippen LogP contribution is 2.16. The summed E-state index contributed by atoms with van der Waals surface area (Å²) in [6, 6.07) is 17.2. The van der Waals surface area contributed by atoms with E-state index < -0.39 is 0 Å². The lowest BCUT2D eigenvalue weighted by molar-refractivity contribution is -0.123. The maximum absolute atomic E-state index is 11.7. The second-order valence-corrected chi connectivity index (χ2v) is 4.36. The van der Waals surface area contributed by atoms with Gasteiger partial charge in [-0.1, -0.05) is 48.5 Å². The fourth-order valence-corrected chi connectivity index (χ4v) is 1.80. The lowest BCUT2D eigenvalue weighted by Crippen LogP contribution is -2.28. The number of ether oxygens (including phenoxy) is 1. The van der Waals surface area contributed by atoms with Gasteiger partial charge in [0.2, 0.25) is 0 Å². The first-order chi connectivity index (χ1) is 9.79. The predicted octanol–water partition coefficient (Wildman–Crippen LogP) is 1.84. The second-order valence-electron chi connectivity index (χ2n) is 4.36. The topological polar surface area (TPSA) is 64.3 Å². The zero-order chi connectivity index (χ0) is 14.2. The van der Waals surface area contributed by atoms with Crippen molar-refractivity contribution in [3.63, 3.8) is 0 Å². The van der Waals surface area contributed by atoms with Gasteiger partial charge in [0.15, 0.2) is 6.61 Å². The van der Waals surface area contributed by atoms with E-state index in [9.17, 15) is 4.79 Å². The molecule has 0 spiro atoms. The van der Waals surface area contributed by atoms with Crippen molar-refractivity contribution in [2.45, 2.75) is 13.1 Å². The van der Waals surface area contributed by atoms with Gasteiger partial charge < -0.3 is 15.8 Å². The number of carbonyl (C=O) groups is 1. The van der Waals surface area contributed by atoms with Crippen LogP contribution in [-0.4, -0.2) is 12.5 Å². The van der Waals surface area contributed by atoms with Crippen molar-refractivity contribution in [2.75, 3.05) is 6.61 Å². The van der Waals surface area contributed by atoms with E-state index in [1.54, 1.807) is 0 Å². The molecule has 2 aromatic carbocycles. The number of hydrogen-bond donors (Lipinski definition) is 2. The molecule has 1 amide bonds. The molecule has 20 heavy (non-hydrogen) atoms. The summed E-state index contributed by atoms with van der Waals surface area (Å²) in [6.07, 6.45) is 0. The van der Waals surface area contributed by atoms with Crippen LogP contribution in [0.5, 0.6) is 5.75 Å². The number of amides is 1. The third-order valence-electron chi connectivity index (χ3n) is 2.88. The number of para-hydroxylation sites is 1. The fourth-order valence-electron chi connectivity index (χ4n) is 1.80. The summed E-state index contributed by atoms with van der Waals surface area (Å²) in [4.78, 5) is 11.7. The van der Waals surface area contributed by atoms with Crippen molar-refractivity contribution in [2.24, 2.45) is 5.73 Å². The highest BCUT2D eigenvalue weighted by Gasteiger charge is 2.05. The van der Waals surface area contributed by atoms with Crippen LogP contribution in [0.2, 0.25) is 0 Å². The van der Waals surface area contributed by atoms with Gasteiger partial charge in [-0.25, -0.2) is 0 Å². The van der Waals surface area contributed by atoms with E-state index in [4.69, 9.17) is 10.5 Å². The van der Waals surface area contributed by atoms with Gasteiger partial charge in [0.25, 0.3) is 5.91 Å². The molecule has 3 N–H and O–H groups in total. The smallest absolute Gasteiger partial charge is 0.258 e. The Balaban J connectivity index is 1.80. The van der Waals surface area contributed by atoms with Crippen LogP contribution in [0.1, 0.15) is 11.1 Å². The first kappa shape index (κ1) is 14.1. The minimum absolute atomic E-state index is 0.0101. The van der Waals surface area contributed by atoms with Crippen LogP contribution in [0.3, 0.4) is 0 Å². The molecule has 2 aromatic rings. The number of hydrogen-bond acceptors (Lipinski definition) is 3. The quantitative estimate of drug-likeness (QED) is 0.842. The number of carbonyl (C=O) groups excluding carboxylic acids is 1. The number of rotatable bonds is 6. The molecule has 4 nitrogen and oxygen atoms in total. The molecule has 0 bridgehead atoms. The standard InChI is InChI=1S/C16H18N2O2/c17-10-14-8-4-5-9-15(14)20-12-16(19)18-11-13-6-2-1-3-7-13/h1-9H,10-12,17H2,(H,18,19). The fraction of sp³-hybridized carbons (Fsp3) is 0.188. The lowest BCUT2D eigenvalue weighted by Gasteiger charge is -2.10. The van der Waals surface area contributed by atoms with Gasteiger partial charge in [0, 0.05) is 18.7 Å². The van der Waals surface area contributed by atoms with Crippen LogP contribution in [0.15, 0.2) is 54.6 Å². The average molecular weight is 270 g/mol. The molecule has 4 heteroatoms. The predicted molar refractivity (Wildman–Crippen MR) is 78.1 cm³/mol. The van der Waals surface area contributed by atoms with Crippen LogP contribution >= 0.6 is 0 Å². The Bertz CT molecular complexity index is 555. The Labute approximate surface area is 118 Å². The maximum Gasteiger partial charge on any atom is 0.258 e. The number of nitrogens with one attached hydrogen (secondary N) is 1. The monoisotopic (exact) mass is 270 g/mol. The van der Waals surface area contributed by atoms with E-state index in [2.05, 4.69) is 5.32 Å². The Morgan fingerprint density at radius 2 is 1.75 bits per heavy atom. The van der Waals surface area contributed by atoms with Crippen molar-refractivity contribution in [3.8, 4) is 5.75 Å². The molecule has 0 saturated carbocycles. The summed E-state index contributed by atoms with van der Waals surface area (Å²) in [6.45, 7) is 0.882. The summed E-state index contributed by atoms with van der Waals surface area (Å²) >= 11 is 0. The van der Waals surface area contributed by atoms with Gasteiger partial charge in [0.05, 0.1) is 0 Å². The molecule has 0 fully saturated rings. The maximum atomic E-state index is 11.7. The van der Waals surface area contributed by atoms with Crippen molar-refractivity contribution >= 4 is 5.91 Å². The number of benzene rings is 2. The van der Waals surface area contributed by atoms with Crippen LogP contribution in [-0.2, 0) is 17.9 Å². The van der Waals surface area contributed by atoms with E-state index >= 15 is 0 Å². The Kier molecular flexibility index (Phi) is 5.15. The van der Waals surface area contributed by atoms with Gasteiger partial charge in [-0.05, 0) is 11.6 Å². The molecule has 0 aliphatic carbocycles. The largest absolute Gasteiger partial charge is 0.483 e. The van der Waals surface area contributed by atoms with Gasteiger partial charge in [0.1, 0.15) is 5.75 Å². The van der Waals surface area contributed by atoms with E-state index in [1.165, 1.54) is 0 Å². The summed E-state index contributed by atoms with van der Waals surface area (Å²) in [7, 11) is 0. The minimum Gasteiger partial charge on any atom is -0.483 e. The van der Waals surface area contributed by atoms with Crippen LogP contribution in [0, 0.1) is 0 Å². The summed E-state index contributed by atoms with van der Waals surface area (Å²) in [5.41, 5.74) is 7.56. The highest BCUT2D eigenvalue weighted by molar-refractivity contribution is 5.77. The molecule has 104 valence electrons. The summed E-state index contributed by atoms with van der Waals surface area (Å²) < 4.78 is 5.49. The third-order valence-corrected chi connectivity index (χ3v) is 2.88. The first-order valence-electron chi connectivity index (χ1n) is 6.51. The third kappa shape index (κ3) is 4.10. The molecular formula is C16H18N2O2.